The van der Waals surface area contributed by atoms with Crippen molar-refractivity contribution >= 4 is 0 Å². The second-order valence-electron chi connectivity index (χ2n) is 2.98. The van der Waals surface area contributed by atoms with Crippen LogP contribution in [0.3, 0.4) is 0 Å². The lowest BCUT2D eigenvalue weighted by atomic mass is 10.2. The zero-order chi connectivity index (χ0) is 9.14. The largest absolute Gasteiger partial charge is 0.269 e. The molecular formula is C10H18N2. The molecule has 12 heavy (non-hydrogen) atoms. The van der Waals surface area contributed by atoms with Crippen LogP contribution in [-0.4, -0.2) is 9.78 Å². The number of aryl methyl sites for hydroxylation is 2. The van der Waals surface area contributed by atoms with Crippen molar-refractivity contribution in [3.8, 4) is 0 Å². The third kappa shape index (κ3) is 1.38. The minimum Gasteiger partial charge on any atom is -0.269 e. The molecule has 1 aliphatic rings. The minimum absolute atomic E-state index is 1.13. The van der Waals surface area contributed by atoms with Crippen LogP contribution in [0.4, 0.5) is 0 Å². The predicted octanol–water partition coefficient (Wildman–Crippen LogP) is 2.47. The van der Waals surface area contributed by atoms with E-state index in [4.69, 9.17) is 0 Å². The van der Waals surface area contributed by atoms with Crippen LogP contribution in [-0.2, 0) is 13.0 Å². The Balaban J connectivity index is 0.000000336. The summed E-state index contributed by atoms with van der Waals surface area (Å²) in [5.41, 5.74) is 4.06. The molecule has 1 aromatic rings. The highest BCUT2D eigenvalue weighted by Crippen LogP contribution is 2.19. The molecule has 0 radical (unpaired) electrons. The Kier molecular flexibility index (Phi) is 2.90. The summed E-state index contributed by atoms with van der Waals surface area (Å²) in [6.45, 7) is 9.38. The zero-order valence-electron chi connectivity index (χ0n) is 8.52. The fraction of sp³-hybridized carbons (Fsp3) is 0.700. The molecule has 0 amide bonds. The fourth-order valence-corrected chi connectivity index (χ4v) is 1.62. The SMILES string of the molecule is CC.Cc1nn2c(c1C)CCC2. The molecule has 1 aromatic heterocycles. The maximum absolute atomic E-state index is 4.41. The quantitative estimate of drug-likeness (QED) is 0.579. The van der Waals surface area contributed by atoms with E-state index in [0.29, 0.717) is 0 Å². The van der Waals surface area contributed by atoms with Gasteiger partial charge in [-0.3, -0.25) is 4.68 Å². The van der Waals surface area contributed by atoms with Crippen molar-refractivity contribution < 1.29 is 0 Å². The van der Waals surface area contributed by atoms with Crippen LogP contribution in [0.5, 0.6) is 0 Å². The summed E-state index contributed by atoms with van der Waals surface area (Å²) in [4.78, 5) is 0. The molecule has 0 fully saturated rings. The van der Waals surface area contributed by atoms with Gasteiger partial charge in [0, 0.05) is 12.2 Å². The highest BCUT2D eigenvalue weighted by atomic mass is 15.3. The average Bonchev–Trinajstić information content (AvgIpc) is 2.62. The molecule has 0 saturated heterocycles. The number of rotatable bonds is 0. The molecule has 2 heterocycles. The number of hydrogen-bond donors (Lipinski definition) is 0. The van der Waals surface area contributed by atoms with E-state index < -0.39 is 0 Å². The molecule has 0 atom stereocenters. The maximum Gasteiger partial charge on any atom is 0.0625 e. The summed E-state index contributed by atoms with van der Waals surface area (Å²) in [6, 6.07) is 0. The zero-order valence-corrected chi connectivity index (χ0v) is 8.52. The van der Waals surface area contributed by atoms with Crippen LogP contribution in [0.15, 0.2) is 0 Å². The predicted molar refractivity (Wildman–Crippen MR) is 51.4 cm³/mol. The van der Waals surface area contributed by atoms with E-state index in [1.807, 2.05) is 13.8 Å². The van der Waals surface area contributed by atoms with E-state index in [2.05, 4.69) is 23.6 Å². The van der Waals surface area contributed by atoms with Crippen LogP contribution >= 0.6 is 0 Å². The third-order valence-electron chi connectivity index (χ3n) is 2.34. The lowest BCUT2D eigenvalue weighted by Gasteiger charge is -1.90. The van der Waals surface area contributed by atoms with Crippen molar-refractivity contribution in [1.82, 2.24) is 9.78 Å². The molecule has 2 rings (SSSR count). The molecule has 0 bridgehead atoms. The van der Waals surface area contributed by atoms with Gasteiger partial charge in [0.05, 0.1) is 5.69 Å². The standard InChI is InChI=1S/C8H12N2.C2H6/c1-6-7(2)9-10-5-3-4-8(6)10;1-2/h3-5H2,1-2H3;1-2H3. The first-order valence-electron chi connectivity index (χ1n) is 4.82. The van der Waals surface area contributed by atoms with Gasteiger partial charge in [-0.05, 0) is 32.3 Å². The molecule has 2 heteroatoms. The minimum atomic E-state index is 1.13. The first-order chi connectivity index (χ1) is 5.79. The summed E-state index contributed by atoms with van der Waals surface area (Å²) >= 11 is 0. The Morgan fingerprint density at radius 2 is 1.92 bits per heavy atom. The number of fused-ring (bicyclic) bond motifs is 1. The van der Waals surface area contributed by atoms with E-state index in [0.717, 1.165) is 6.54 Å². The van der Waals surface area contributed by atoms with Gasteiger partial charge < -0.3 is 0 Å². The van der Waals surface area contributed by atoms with Gasteiger partial charge in [-0.15, -0.1) is 0 Å². The average molecular weight is 166 g/mol. The second-order valence-corrected chi connectivity index (χ2v) is 2.98. The van der Waals surface area contributed by atoms with Crippen molar-refractivity contribution in [1.29, 1.82) is 0 Å². The number of hydrogen-bond acceptors (Lipinski definition) is 1. The Labute approximate surface area is 74.6 Å². The van der Waals surface area contributed by atoms with Crippen molar-refractivity contribution in [2.45, 2.75) is 47.1 Å². The maximum atomic E-state index is 4.41. The molecule has 0 spiro atoms. The summed E-state index contributed by atoms with van der Waals surface area (Å²) in [6.07, 6.45) is 2.51. The smallest absolute Gasteiger partial charge is 0.0625 e. The third-order valence-corrected chi connectivity index (χ3v) is 2.34. The molecule has 1 aliphatic heterocycles. The van der Waals surface area contributed by atoms with Gasteiger partial charge in [0.1, 0.15) is 0 Å². The summed E-state index contributed by atoms with van der Waals surface area (Å²) < 4.78 is 2.14. The molecular weight excluding hydrogens is 148 g/mol. The van der Waals surface area contributed by atoms with Crippen molar-refractivity contribution in [2.75, 3.05) is 0 Å². The molecule has 0 aliphatic carbocycles. The Morgan fingerprint density at radius 1 is 1.25 bits per heavy atom. The lowest BCUT2D eigenvalue weighted by molar-refractivity contribution is 0.650. The van der Waals surface area contributed by atoms with E-state index in [1.54, 1.807) is 0 Å². The van der Waals surface area contributed by atoms with E-state index in [-0.39, 0.29) is 0 Å². The molecule has 2 nitrogen and oxygen atoms in total. The normalized spacial score (nSPS) is 13.7. The topological polar surface area (TPSA) is 17.8 Å². The molecule has 0 unspecified atom stereocenters. The van der Waals surface area contributed by atoms with Gasteiger partial charge in [-0.2, -0.15) is 5.10 Å². The number of aromatic nitrogens is 2. The molecule has 0 N–H and O–H groups in total. The Hall–Kier alpha value is -0.790. The van der Waals surface area contributed by atoms with Gasteiger partial charge >= 0.3 is 0 Å². The highest BCUT2D eigenvalue weighted by molar-refractivity contribution is 5.25. The summed E-state index contributed by atoms with van der Waals surface area (Å²) in [5.74, 6) is 0. The van der Waals surface area contributed by atoms with Gasteiger partial charge in [0.25, 0.3) is 0 Å². The monoisotopic (exact) mass is 166 g/mol. The fourth-order valence-electron chi connectivity index (χ4n) is 1.62. The van der Waals surface area contributed by atoms with Gasteiger partial charge in [-0.25, -0.2) is 0 Å². The van der Waals surface area contributed by atoms with E-state index >= 15 is 0 Å². The Morgan fingerprint density at radius 3 is 2.50 bits per heavy atom. The van der Waals surface area contributed by atoms with E-state index in [1.165, 1.54) is 29.8 Å². The van der Waals surface area contributed by atoms with E-state index in [9.17, 15) is 0 Å². The summed E-state index contributed by atoms with van der Waals surface area (Å²) in [7, 11) is 0. The first kappa shape index (κ1) is 9.30. The van der Waals surface area contributed by atoms with Gasteiger partial charge in [0.2, 0.25) is 0 Å². The first-order valence-corrected chi connectivity index (χ1v) is 4.82. The molecule has 68 valence electrons. The van der Waals surface area contributed by atoms with Gasteiger partial charge in [0.15, 0.2) is 0 Å². The van der Waals surface area contributed by atoms with Crippen molar-refractivity contribution in [3.63, 3.8) is 0 Å². The molecule has 0 saturated carbocycles. The van der Waals surface area contributed by atoms with Crippen LogP contribution in [0.1, 0.15) is 37.2 Å². The number of nitrogens with zero attached hydrogens (tertiary/aromatic N) is 2. The van der Waals surface area contributed by atoms with Crippen LogP contribution in [0.25, 0.3) is 0 Å². The highest BCUT2D eigenvalue weighted by Gasteiger charge is 2.15. The van der Waals surface area contributed by atoms with Crippen LogP contribution in [0.2, 0.25) is 0 Å². The molecule has 0 aromatic carbocycles. The summed E-state index contributed by atoms with van der Waals surface area (Å²) in [5, 5.41) is 4.41. The van der Waals surface area contributed by atoms with Crippen LogP contribution < -0.4 is 0 Å². The van der Waals surface area contributed by atoms with Crippen LogP contribution in [0, 0.1) is 13.8 Å². The van der Waals surface area contributed by atoms with Crippen molar-refractivity contribution in [2.24, 2.45) is 0 Å². The van der Waals surface area contributed by atoms with Gasteiger partial charge in [-0.1, -0.05) is 13.8 Å². The second kappa shape index (κ2) is 3.74. The van der Waals surface area contributed by atoms with Crippen molar-refractivity contribution in [3.05, 3.63) is 17.0 Å². The Bertz CT molecular complexity index is 261. The lowest BCUT2D eigenvalue weighted by Crippen LogP contribution is -1.93.